The van der Waals surface area contributed by atoms with Crippen molar-refractivity contribution < 1.29 is 14.3 Å². The van der Waals surface area contributed by atoms with Gasteiger partial charge in [0.25, 0.3) is 5.91 Å². The highest BCUT2D eigenvalue weighted by Gasteiger charge is 2.11. The van der Waals surface area contributed by atoms with E-state index in [0.29, 0.717) is 29.4 Å². The van der Waals surface area contributed by atoms with E-state index in [0.717, 1.165) is 13.0 Å². The number of benzene rings is 1. The Morgan fingerprint density at radius 1 is 1.24 bits per heavy atom. The van der Waals surface area contributed by atoms with E-state index >= 15 is 0 Å². The number of methoxy groups -OCH3 is 1. The molecule has 0 atom stereocenters. The van der Waals surface area contributed by atoms with E-state index in [1.165, 1.54) is 0 Å². The quantitative estimate of drug-likeness (QED) is 0.681. The predicted octanol–water partition coefficient (Wildman–Crippen LogP) is 3.57. The Balaban J connectivity index is 2.04. The molecule has 2 rings (SSSR count). The Labute approximate surface area is 148 Å². The Bertz CT molecular complexity index is 689. The third-order valence-electron chi connectivity index (χ3n) is 3.35. The van der Waals surface area contributed by atoms with E-state index < -0.39 is 0 Å². The molecule has 6 heteroatoms. The number of rotatable bonds is 9. The van der Waals surface area contributed by atoms with Crippen molar-refractivity contribution in [1.82, 2.24) is 4.98 Å². The number of para-hydroxylation sites is 2. The number of anilines is 2. The van der Waals surface area contributed by atoms with Crippen LogP contribution in [0.4, 0.5) is 11.5 Å². The molecular weight excluding hydrogens is 318 g/mol. The zero-order valence-electron chi connectivity index (χ0n) is 14.9. The van der Waals surface area contributed by atoms with E-state index in [4.69, 9.17) is 9.47 Å². The first-order chi connectivity index (χ1) is 12.1. The molecule has 0 saturated heterocycles. The zero-order valence-corrected chi connectivity index (χ0v) is 14.9. The van der Waals surface area contributed by atoms with Crippen LogP contribution in [-0.4, -0.2) is 37.3 Å². The van der Waals surface area contributed by atoms with Gasteiger partial charge in [-0.1, -0.05) is 12.1 Å². The second kappa shape index (κ2) is 9.64. The Morgan fingerprint density at radius 2 is 2.04 bits per heavy atom. The van der Waals surface area contributed by atoms with Gasteiger partial charge in [0.15, 0.2) is 0 Å². The minimum atomic E-state index is -0.206. The number of nitrogens with zero attached hydrogens (tertiary/aromatic N) is 1. The summed E-state index contributed by atoms with van der Waals surface area (Å²) in [6.07, 6.45) is 2.51. The minimum absolute atomic E-state index is 0.0295. The van der Waals surface area contributed by atoms with Crippen molar-refractivity contribution in [3.05, 3.63) is 48.2 Å². The first-order valence-corrected chi connectivity index (χ1v) is 8.36. The standard InChI is InChI=1S/C19H25N3O3/c1-14(2)25-17-8-5-4-7-16(17)22-19(23)15-9-11-21-18(13-15)20-10-6-12-24-3/h4-5,7-9,11,13-14H,6,10,12H2,1-3H3,(H,20,21)(H,22,23). The van der Waals surface area contributed by atoms with Crippen LogP contribution >= 0.6 is 0 Å². The highest BCUT2D eigenvalue weighted by molar-refractivity contribution is 6.05. The van der Waals surface area contributed by atoms with E-state index in [-0.39, 0.29) is 12.0 Å². The second-order valence-electron chi connectivity index (χ2n) is 5.82. The summed E-state index contributed by atoms with van der Waals surface area (Å²) >= 11 is 0. The Hall–Kier alpha value is -2.60. The molecule has 0 saturated carbocycles. The zero-order chi connectivity index (χ0) is 18.1. The number of nitrogens with one attached hydrogen (secondary N) is 2. The van der Waals surface area contributed by atoms with Gasteiger partial charge in [-0.2, -0.15) is 0 Å². The summed E-state index contributed by atoms with van der Waals surface area (Å²) in [5.74, 6) is 1.11. The van der Waals surface area contributed by atoms with Crippen LogP contribution in [0.3, 0.4) is 0 Å². The van der Waals surface area contributed by atoms with Gasteiger partial charge in [-0.05, 0) is 44.5 Å². The van der Waals surface area contributed by atoms with Crippen molar-refractivity contribution >= 4 is 17.4 Å². The fourth-order valence-corrected chi connectivity index (χ4v) is 2.22. The van der Waals surface area contributed by atoms with Gasteiger partial charge in [-0.15, -0.1) is 0 Å². The van der Waals surface area contributed by atoms with E-state index in [2.05, 4.69) is 15.6 Å². The van der Waals surface area contributed by atoms with Gasteiger partial charge < -0.3 is 20.1 Å². The first kappa shape index (κ1) is 18.7. The summed E-state index contributed by atoms with van der Waals surface area (Å²) < 4.78 is 10.7. The SMILES string of the molecule is COCCCNc1cc(C(=O)Nc2ccccc2OC(C)C)ccn1. The van der Waals surface area contributed by atoms with Crippen LogP contribution in [0.15, 0.2) is 42.6 Å². The molecule has 0 unspecified atom stereocenters. The van der Waals surface area contributed by atoms with Crippen LogP contribution in [0.1, 0.15) is 30.6 Å². The van der Waals surface area contributed by atoms with Gasteiger partial charge >= 0.3 is 0 Å². The average molecular weight is 343 g/mol. The molecule has 2 N–H and O–H groups in total. The van der Waals surface area contributed by atoms with Crippen LogP contribution in [-0.2, 0) is 4.74 Å². The molecule has 25 heavy (non-hydrogen) atoms. The number of pyridine rings is 1. The maximum absolute atomic E-state index is 12.5. The molecule has 1 amide bonds. The van der Waals surface area contributed by atoms with Gasteiger partial charge in [-0.3, -0.25) is 4.79 Å². The van der Waals surface area contributed by atoms with Gasteiger partial charge in [-0.25, -0.2) is 4.98 Å². The minimum Gasteiger partial charge on any atom is -0.489 e. The highest BCUT2D eigenvalue weighted by atomic mass is 16.5. The number of ether oxygens (including phenoxy) is 2. The lowest BCUT2D eigenvalue weighted by molar-refractivity contribution is 0.102. The van der Waals surface area contributed by atoms with E-state index in [9.17, 15) is 4.79 Å². The van der Waals surface area contributed by atoms with Gasteiger partial charge in [0, 0.05) is 32.0 Å². The summed E-state index contributed by atoms with van der Waals surface area (Å²) in [6, 6.07) is 10.8. The average Bonchev–Trinajstić information content (AvgIpc) is 2.60. The third kappa shape index (κ3) is 6.08. The fourth-order valence-electron chi connectivity index (χ4n) is 2.22. The summed E-state index contributed by atoms with van der Waals surface area (Å²) in [7, 11) is 1.67. The van der Waals surface area contributed by atoms with Gasteiger partial charge in [0.2, 0.25) is 0 Å². The number of carbonyl (C=O) groups excluding carboxylic acids is 1. The largest absolute Gasteiger partial charge is 0.489 e. The molecule has 0 radical (unpaired) electrons. The molecule has 1 aromatic carbocycles. The fraction of sp³-hybridized carbons (Fsp3) is 0.368. The van der Waals surface area contributed by atoms with Crippen molar-refractivity contribution in [2.75, 3.05) is 30.9 Å². The normalized spacial score (nSPS) is 10.6. The summed E-state index contributed by atoms with van der Waals surface area (Å²) in [6.45, 7) is 5.31. The lowest BCUT2D eigenvalue weighted by Gasteiger charge is -2.15. The molecule has 0 bridgehead atoms. The van der Waals surface area contributed by atoms with Crippen LogP contribution in [0.2, 0.25) is 0 Å². The van der Waals surface area contributed by atoms with Crippen LogP contribution in [0, 0.1) is 0 Å². The Kier molecular flexibility index (Phi) is 7.22. The lowest BCUT2D eigenvalue weighted by atomic mass is 10.2. The third-order valence-corrected chi connectivity index (χ3v) is 3.35. The van der Waals surface area contributed by atoms with Crippen molar-refractivity contribution in [3.63, 3.8) is 0 Å². The van der Waals surface area contributed by atoms with E-state index in [1.807, 2.05) is 38.1 Å². The molecular formula is C19H25N3O3. The van der Waals surface area contributed by atoms with Gasteiger partial charge in [0.1, 0.15) is 11.6 Å². The number of amides is 1. The maximum atomic E-state index is 12.5. The molecule has 134 valence electrons. The molecule has 0 aliphatic heterocycles. The number of carbonyl (C=O) groups is 1. The monoisotopic (exact) mass is 343 g/mol. The first-order valence-electron chi connectivity index (χ1n) is 8.36. The van der Waals surface area contributed by atoms with Crippen LogP contribution < -0.4 is 15.4 Å². The van der Waals surface area contributed by atoms with Crippen LogP contribution in [0.25, 0.3) is 0 Å². The maximum Gasteiger partial charge on any atom is 0.255 e. The highest BCUT2D eigenvalue weighted by Crippen LogP contribution is 2.25. The number of hydrogen-bond donors (Lipinski definition) is 2. The molecule has 1 heterocycles. The lowest BCUT2D eigenvalue weighted by Crippen LogP contribution is -2.15. The molecule has 0 aliphatic carbocycles. The molecule has 0 spiro atoms. The van der Waals surface area contributed by atoms with Crippen LogP contribution in [0.5, 0.6) is 5.75 Å². The smallest absolute Gasteiger partial charge is 0.255 e. The molecule has 1 aromatic heterocycles. The molecule has 0 fully saturated rings. The summed E-state index contributed by atoms with van der Waals surface area (Å²) in [5, 5.41) is 6.08. The molecule has 0 aliphatic rings. The van der Waals surface area contributed by atoms with Crippen molar-refractivity contribution in [2.45, 2.75) is 26.4 Å². The van der Waals surface area contributed by atoms with Crippen molar-refractivity contribution in [2.24, 2.45) is 0 Å². The molecule has 2 aromatic rings. The topological polar surface area (TPSA) is 72.5 Å². The van der Waals surface area contributed by atoms with Gasteiger partial charge in [0.05, 0.1) is 11.8 Å². The Morgan fingerprint density at radius 3 is 2.80 bits per heavy atom. The van der Waals surface area contributed by atoms with E-state index in [1.54, 1.807) is 25.4 Å². The number of hydrogen-bond acceptors (Lipinski definition) is 5. The predicted molar refractivity (Wildman–Crippen MR) is 99.4 cm³/mol. The van der Waals surface area contributed by atoms with Crippen molar-refractivity contribution in [1.29, 1.82) is 0 Å². The number of aromatic nitrogens is 1. The molecule has 6 nitrogen and oxygen atoms in total. The van der Waals surface area contributed by atoms with Crippen molar-refractivity contribution in [3.8, 4) is 5.75 Å². The second-order valence-corrected chi connectivity index (χ2v) is 5.82. The summed E-state index contributed by atoms with van der Waals surface area (Å²) in [5.41, 5.74) is 1.18. The summed E-state index contributed by atoms with van der Waals surface area (Å²) in [4.78, 5) is 16.8.